The van der Waals surface area contributed by atoms with Crippen molar-refractivity contribution >= 4 is 24.1 Å². The quantitative estimate of drug-likeness (QED) is 0.304. The lowest BCUT2D eigenvalue weighted by Crippen LogP contribution is -2.67. The number of nitrogens with zero attached hydrogens (tertiary/aromatic N) is 8. The lowest BCUT2D eigenvalue weighted by Gasteiger charge is -2.52. The summed E-state index contributed by atoms with van der Waals surface area (Å²) in [5.74, 6) is 0. The maximum atomic E-state index is 13.5. The third-order valence-corrected chi connectivity index (χ3v) is 12.4. The highest BCUT2D eigenvalue weighted by atomic mass is 16.5. The molecule has 0 aliphatic carbocycles. The highest BCUT2D eigenvalue weighted by molar-refractivity contribution is 5.91. The van der Waals surface area contributed by atoms with E-state index in [4.69, 9.17) is 18.9 Å². The van der Waals surface area contributed by atoms with Gasteiger partial charge in [-0.3, -0.25) is 39.2 Å². The van der Waals surface area contributed by atoms with Crippen molar-refractivity contribution in [1.29, 1.82) is 0 Å². The molecule has 8 heterocycles. The van der Waals surface area contributed by atoms with Crippen LogP contribution in [0.3, 0.4) is 0 Å². The summed E-state index contributed by atoms with van der Waals surface area (Å²) in [5.41, 5.74) is -0.659. The number of hydrogen-bond donors (Lipinski definition) is 0. The molecule has 0 atom stereocenters. The van der Waals surface area contributed by atoms with E-state index in [0.29, 0.717) is 0 Å². The summed E-state index contributed by atoms with van der Waals surface area (Å²) in [6, 6.07) is 38.1. The highest BCUT2D eigenvalue weighted by Gasteiger charge is 2.83. The Morgan fingerprint density at radius 1 is 0.286 bits per heavy atom. The molecule has 0 radical (unpaired) electrons. The number of carbonyl (C=O) groups is 4. The van der Waals surface area contributed by atoms with Gasteiger partial charge in [-0.05, 0) is 0 Å². The normalized spacial score (nSPS) is 30.9. The molecular formula is C40H36N8O8. The Morgan fingerprint density at radius 2 is 0.446 bits per heavy atom. The zero-order valence-electron chi connectivity index (χ0n) is 30.0. The summed E-state index contributed by atoms with van der Waals surface area (Å²) in [6.07, 6.45) is 0. The van der Waals surface area contributed by atoms with Gasteiger partial charge in [0.2, 0.25) is 0 Å². The van der Waals surface area contributed by atoms with Gasteiger partial charge in [0.1, 0.15) is 53.8 Å². The number of benzene rings is 4. The van der Waals surface area contributed by atoms with E-state index in [-0.39, 0.29) is 78.0 Å². The van der Waals surface area contributed by atoms with Gasteiger partial charge >= 0.3 is 24.1 Å². The first-order valence-corrected chi connectivity index (χ1v) is 18.4. The van der Waals surface area contributed by atoms with Crippen LogP contribution in [0.2, 0.25) is 0 Å². The van der Waals surface area contributed by atoms with Crippen LogP contribution >= 0.6 is 0 Å². The number of ether oxygens (including phenoxy) is 4. The third kappa shape index (κ3) is 3.55. The molecule has 8 aliphatic heterocycles. The maximum Gasteiger partial charge on any atom is 0.328 e. The van der Waals surface area contributed by atoms with E-state index in [9.17, 15) is 19.2 Å². The second kappa shape index (κ2) is 11.7. The van der Waals surface area contributed by atoms with Gasteiger partial charge in [0.25, 0.3) is 0 Å². The summed E-state index contributed by atoms with van der Waals surface area (Å²) < 4.78 is 22.7. The van der Waals surface area contributed by atoms with Crippen LogP contribution in [0.15, 0.2) is 121 Å². The minimum Gasteiger partial charge on any atom is -0.340 e. The molecule has 0 unspecified atom stereocenters. The fourth-order valence-corrected chi connectivity index (χ4v) is 10.6. The van der Waals surface area contributed by atoms with Crippen molar-refractivity contribution in [3.63, 3.8) is 0 Å². The van der Waals surface area contributed by atoms with Crippen LogP contribution in [0.1, 0.15) is 22.3 Å². The summed E-state index contributed by atoms with van der Waals surface area (Å²) in [7, 11) is 0. The van der Waals surface area contributed by atoms with Gasteiger partial charge in [0, 0.05) is 22.3 Å². The highest BCUT2D eigenvalue weighted by Crippen LogP contribution is 2.65. The van der Waals surface area contributed by atoms with Crippen LogP contribution in [0.25, 0.3) is 0 Å². The Labute approximate surface area is 321 Å². The molecule has 284 valence electrons. The van der Waals surface area contributed by atoms with E-state index in [1.165, 1.54) is 0 Å². The molecule has 0 spiro atoms. The smallest absolute Gasteiger partial charge is 0.328 e. The van der Waals surface area contributed by atoms with Gasteiger partial charge in [-0.1, -0.05) is 121 Å². The summed E-state index contributed by atoms with van der Waals surface area (Å²) >= 11 is 0. The van der Waals surface area contributed by atoms with Gasteiger partial charge < -0.3 is 18.9 Å². The summed E-state index contributed by atoms with van der Waals surface area (Å²) in [4.78, 5) is 67.4. The van der Waals surface area contributed by atoms with Gasteiger partial charge in [-0.25, -0.2) is 19.2 Å². The molecule has 0 saturated carbocycles. The van der Waals surface area contributed by atoms with E-state index >= 15 is 0 Å². The van der Waals surface area contributed by atoms with Crippen molar-refractivity contribution in [2.45, 2.75) is 22.7 Å². The first-order valence-electron chi connectivity index (χ1n) is 18.4. The predicted octanol–water partition coefficient (Wildman–Crippen LogP) is 4.12. The van der Waals surface area contributed by atoms with Gasteiger partial charge in [0.05, 0.1) is 0 Å². The molecule has 16 heteroatoms. The fraction of sp³-hybridized carbons (Fsp3) is 0.300. The van der Waals surface area contributed by atoms with E-state index < -0.39 is 22.7 Å². The third-order valence-electron chi connectivity index (χ3n) is 12.4. The lowest BCUT2D eigenvalue weighted by molar-refractivity contribution is -0.210. The Hall–Kier alpha value is -6.20. The first-order chi connectivity index (χ1) is 27.5. The van der Waals surface area contributed by atoms with Crippen molar-refractivity contribution in [1.82, 2.24) is 39.2 Å². The molecule has 8 saturated heterocycles. The summed E-state index contributed by atoms with van der Waals surface area (Å²) in [5, 5.41) is 0. The van der Waals surface area contributed by atoms with Crippen LogP contribution in [-0.2, 0) is 41.6 Å². The minimum atomic E-state index is -1.04. The second-order valence-electron chi connectivity index (χ2n) is 14.6. The maximum absolute atomic E-state index is 13.5. The molecule has 4 aromatic carbocycles. The second-order valence-corrected chi connectivity index (χ2v) is 14.6. The van der Waals surface area contributed by atoms with Crippen LogP contribution in [0.4, 0.5) is 19.2 Å². The largest absolute Gasteiger partial charge is 0.340 e. The standard InChI is InChI=1S/2C20H18N4O4/c2*25-17-21-11-27-12-22-18(26)24-14-28-13-23(17)20(24,16-9-5-2-6-10-16)19(21,22)15-7-3-1-4-8-15/h2*1-10H,11-14H2. The molecule has 0 N–H and O–H groups in total. The van der Waals surface area contributed by atoms with Crippen LogP contribution in [0, 0.1) is 0 Å². The average molecular weight is 757 g/mol. The van der Waals surface area contributed by atoms with Crippen LogP contribution < -0.4 is 0 Å². The van der Waals surface area contributed by atoms with E-state index in [0.717, 1.165) is 22.3 Å². The molecule has 0 bridgehead atoms. The van der Waals surface area contributed by atoms with E-state index in [1.54, 1.807) is 39.2 Å². The molecular weight excluding hydrogens is 720 g/mol. The zero-order chi connectivity index (χ0) is 37.9. The van der Waals surface area contributed by atoms with Crippen LogP contribution in [-0.4, -0.2) is 117 Å². The zero-order valence-corrected chi connectivity index (χ0v) is 30.0. The Bertz CT molecular complexity index is 1880. The van der Waals surface area contributed by atoms with Crippen molar-refractivity contribution in [3.05, 3.63) is 144 Å². The summed E-state index contributed by atoms with van der Waals surface area (Å²) in [6.45, 7) is 0.861. The van der Waals surface area contributed by atoms with E-state index in [2.05, 4.69) is 0 Å². The number of carbonyl (C=O) groups excluding carboxylic acids is 4. The van der Waals surface area contributed by atoms with Crippen molar-refractivity contribution in [3.8, 4) is 0 Å². The molecule has 0 aromatic heterocycles. The Morgan fingerprint density at radius 3 is 0.607 bits per heavy atom. The Balaban J connectivity index is 0.000000130. The van der Waals surface area contributed by atoms with Crippen molar-refractivity contribution < 1.29 is 38.1 Å². The predicted molar refractivity (Wildman–Crippen MR) is 192 cm³/mol. The van der Waals surface area contributed by atoms with E-state index in [1.807, 2.05) is 121 Å². The molecule has 16 nitrogen and oxygen atoms in total. The molecule has 8 aliphatic rings. The first kappa shape index (κ1) is 33.2. The number of amides is 8. The SMILES string of the molecule is O=C1N2COCN3C(=O)N4COCN1C4(c1ccccc1)C23c1ccccc1.O=C1N2COCN3C(=O)N4COCN1C4(c1ccccc1)C23c1ccccc1. The van der Waals surface area contributed by atoms with Crippen LogP contribution in [0.5, 0.6) is 0 Å². The molecule has 8 fully saturated rings. The number of rotatable bonds is 4. The van der Waals surface area contributed by atoms with Gasteiger partial charge in [-0.15, -0.1) is 0 Å². The fourth-order valence-electron chi connectivity index (χ4n) is 10.6. The molecule has 8 amide bonds. The monoisotopic (exact) mass is 756 g/mol. The van der Waals surface area contributed by atoms with Crippen molar-refractivity contribution in [2.75, 3.05) is 53.8 Å². The molecule has 56 heavy (non-hydrogen) atoms. The van der Waals surface area contributed by atoms with Gasteiger partial charge in [0.15, 0.2) is 22.7 Å². The van der Waals surface area contributed by atoms with Gasteiger partial charge in [-0.2, -0.15) is 0 Å². The number of hydrogen-bond acceptors (Lipinski definition) is 8. The number of urea groups is 4. The molecule has 12 rings (SSSR count). The minimum absolute atomic E-state index is 0.108. The average Bonchev–Trinajstić information content (AvgIpc) is 3.86. The van der Waals surface area contributed by atoms with Crippen molar-refractivity contribution in [2.24, 2.45) is 0 Å². The Kier molecular flexibility index (Phi) is 6.90. The topological polar surface area (TPSA) is 131 Å². The lowest BCUT2D eigenvalue weighted by atomic mass is 9.79. The molecule has 4 aromatic rings.